The predicted molar refractivity (Wildman–Crippen MR) is 168 cm³/mol. The molecule has 3 aliphatic carbocycles. The van der Waals surface area contributed by atoms with Gasteiger partial charge in [0.25, 0.3) is 0 Å². The van der Waals surface area contributed by atoms with E-state index in [1.54, 1.807) is 0 Å². The van der Waals surface area contributed by atoms with E-state index in [-0.39, 0.29) is 41.1 Å². The molecule has 214 valence electrons. The molecule has 3 aromatic rings. The van der Waals surface area contributed by atoms with E-state index in [1.165, 1.54) is 41.5 Å². The molecule has 0 saturated heterocycles. The first kappa shape index (κ1) is 34.2. The van der Waals surface area contributed by atoms with Crippen LogP contribution >= 0.6 is 0 Å². The van der Waals surface area contributed by atoms with Crippen LogP contribution in [0.5, 0.6) is 0 Å². The van der Waals surface area contributed by atoms with Gasteiger partial charge in [-0.1, -0.05) is 95.7 Å². The van der Waals surface area contributed by atoms with Crippen molar-refractivity contribution in [2.75, 3.05) is 0 Å². The molecule has 0 aromatic heterocycles. The zero-order chi connectivity index (χ0) is 28.5. The number of allylic oxidation sites excluding steroid dienone is 8. The number of halogens is 2. The number of hydrogen-bond acceptors (Lipinski definition) is 0. The molecule has 0 amide bonds. The first-order chi connectivity index (χ1) is 19.0. The van der Waals surface area contributed by atoms with Gasteiger partial charge in [-0.15, -0.1) is 39.8 Å². The second-order valence-corrected chi connectivity index (χ2v) is 14.8. The Morgan fingerprint density at radius 2 is 1.31 bits per heavy atom. The third-order valence-corrected chi connectivity index (χ3v) is 10.4. The Hall–Kier alpha value is -2.32. The fourth-order valence-electron chi connectivity index (χ4n) is 5.81. The average Bonchev–Trinajstić information content (AvgIpc) is 3.60. The SMILES string of the molecule is CC(C)(C)c1ccc2c(c1)=[C-]C1=CC(C3C=CC=C3)(C(C)(C)C)C=CC=21.[Cl-].[Cl-].[Hf+2]=[C](c1ccccc1)c1ccccc1. The molecule has 0 fully saturated rings. The summed E-state index contributed by atoms with van der Waals surface area (Å²) in [7, 11) is 0. The van der Waals surface area contributed by atoms with Gasteiger partial charge in [0, 0.05) is 5.92 Å². The van der Waals surface area contributed by atoms with E-state index in [4.69, 9.17) is 0 Å². The van der Waals surface area contributed by atoms with E-state index in [1.807, 2.05) is 0 Å². The number of benzene rings is 3. The monoisotopic (exact) mass is 757 g/mol. The Morgan fingerprint density at radius 1 is 0.762 bits per heavy atom. The van der Waals surface area contributed by atoms with Gasteiger partial charge in [-0.05, 0) is 16.2 Å². The Morgan fingerprint density at radius 3 is 1.81 bits per heavy atom. The van der Waals surface area contributed by atoms with Crippen LogP contribution in [0.2, 0.25) is 0 Å². The van der Waals surface area contributed by atoms with Crippen molar-refractivity contribution < 1.29 is 48.7 Å². The Labute approximate surface area is 279 Å². The van der Waals surface area contributed by atoms with Crippen molar-refractivity contribution in [3.63, 3.8) is 0 Å². The molecule has 6 rings (SSSR count). The van der Waals surface area contributed by atoms with Gasteiger partial charge in [0.2, 0.25) is 0 Å². The molecule has 0 heterocycles. The van der Waals surface area contributed by atoms with Crippen LogP contribution in [0.25, 0.3) is 11.6 Å². The molecule has 1 unspecified atom stereocenters. The zero-order valence-electron chi connectivity index (χ0n) is 25.4. The Bertz CT molecular complexity index is 1610. The Kier molecular flexibility index (Phi) is 11.0. The minimum atomic E-state index is -0.0166. The third-order valence-electron chi connectivity index (χ3n) is 8.37. The molecule has 3 heteroatoms. The van der Waals surface area contributed by atoms with Gasteiger partial charge in [0.15, 0.2) is 0 Å². The second-order valence-electron chi connectivity index (χ2n) is 13.0. The molecule has 0 aliphatic heterocycles. The second kappa shape index (κ2) is 13.5. The van der Waals surface area contributed by atoms with Gasteiger partial charge >= 0.3 is 98.9 Å². The van der Waals surface area contributed by atoms with Crippen molar-refractivity contribution in [3.8, 4) is 0 Å². The molecular weight excluding hydrogens is 718 g/mol. The summed E-state index contributed by atoms with van der Waals surface area (Å²) in [4.78, 5) is 0. The van der Waals surface area contributed by atoms with Crippen molar-refractivity contribution in [1.29, 1.82) is 0 Å². The first-order valence-electron chi connectivity index (χ1n) is 14.3. The molecule has 1 atom stereocenters. The fraction of sp³-hybridized carbons (Fsp3) is 0.256. The Balaban J connectivity index is 0.000000258. The van der Waals surface area contributed by atoms with Gasteiger partial charge in [0.1, 0.15) is 0 Å². The molecule has 0 radical (unpaired) electrons. The first-order valence-corrected chi connectivity index (χ1v) is 16.0. The molecule has 0 N–H and O–H groups in total. The van der Waals surface area contributed by atoms with Crippen LogP contribution in [0, 0.1) is 16.7 Å². The molecule has 0 bridgehead atoms. The fourth-order valence-corrected chi connectivity index (χ4v) is 7.01. The van der Waals surface area contributed by atoms with Gasteiger partial charge in [-0.2, -0.15) is 0 Å². The van der Waals surface area contributed by atoms with Crippen LogP contribution in [0.1, 0.15) is 58.2 Å². The molecular formula is C39H39Cl2Hf-. The van der Waals surface area contributed by atoms with Crippen molar-refractivity contribution in [3.05, 3.63) is 154 Å². The third kappa shape index (κ3) is 6.91. The topological polar surface area (TPSA) is 0 Å². The van der Waals surface area contributed by atoms with E-state index in [9.17, 15) is 0 Å². The van der Waals surface area contributed by atoms with Crippen LogP contribution < -0.4 is 35.3 Å². The summed E-state index contributed by atoms with van der Waals surface area (Å²) < 4.78 is 1.46. The number of hydrogen-bond donors (Lipinski definition) is 0. The van der Waals surface area contributed by atoms with E-state index >= 15 is 0 Å². The van der Waals surface area contributed by atoms with E-state index in [0.29, 0.717) is 5.92 Å². The van der Waals surface area contributed by atoms with Gasteiger partial charge in [-0.25, -0.2) is 0 Å². The standard InChI is InChI=1S/C26H29.C13H10.2ClH.Hf/c1-24(2,3)21-11-12-22-18(16-21)15-19-17-26(25(4,5)6,14-13-23(19)22)20-9-7-8-10-20;1-3-7-12(8-4-1)11-13-9-5-2-6-10-13;;;/h7-14,16-17,20H,1-6H3;1-10H;2*1H;/q-1;;;;+2/p-2. The molecule has 0 spiro atoms. The van der Waals surface area contributed by atoms with E-state index in [2.05, 4.69) is 169 Å². The summed E-state index contributed by atoms with van der Waals surface area (Å²) >= 11 is 1.08. The van der Waals surface area contributed by atoms with Gasteiger partial charge in [-0.3, -0.25) is 0 Å². The van der Waals surface area contributed by atoms with Crippen LogP contribution in [-0.4, -0.2) is 3.26 Å². The number of rotatable bonds is 3. The van der Waals surface area contributed by atoms with Crippen molar-refractivity contribution in [2.45, 2.75) is 47.0 Å². The maximum absolute atomic E-state index is 3.72. The predicted octanol–water partition coefficient (Wildman–Crippen LogP) is 1.89. The normalized spacial score (nSPS) is 18.5. The minimum absolute atomic E-state index is 0. The van der Waals surface area contributed by atoms with Crippen molar-refractivity contribution >= 4 is 14.9 Å². The maximum atomic E-state index is 3.72. The molecule has 0 nitrogen and oxygen atoms in total. The summed E-state index contributed by atoms with van der Waals surface area (Å²) in [5, 5.41) is 2.56. The average molecular weight is 757 g/mol. The summed E-state index contributed by atoms with van der Waals surface area (Å²) in [5.74, 6) is 0.406. The summed E-state index contributed by atoms with van der Waals surface area (Å²) in [6, 6.07) is 28.1. The summed E-state index contributed by atoms with van der Waals surface area (Å²) in [6.07, 6.45) is 20.0. The molecule has 3 aliphatic rings. The van der Waals surface area contributed by atoms with E-state index in [0.717, 1.165) is 23.9 Å². The summed E-state index contributed by atoms with van der Waals surface area (Å²) in [6.45, 7) is 13.9. The van der Waals surface area contributed by atoms with Crippen LogP contribution in [0.4, 0.5) is 0 Å². The van der Waals surface area contributed by atoms with Crippen LogP contribution in [0.15, 0.2) is 127 Å². The molecule has 42 heavy (non-hydrogen) atoms. The van der Waals surface area contributed by atoms with Gasteiger partial charge < -0.3 is 24.8 Å². The van der Waals surface area contributed by atoms with Crippen LogP contribution in [-0.2, 0) is 29.3 Å². The van der Waals surface area contributed by atoms with Crippen LogP contribution in [0.3, 0.4) is 0 Å². The van der Waals surface area contributed by atoms with Crippen molar-refractivity contribution in [2.24, 2.45) is 16.7 Å². The summed E-state index contributed by atoms with van der Waals surface area (Å²) in [5.41, 5.74) is 6.93. The quantitative estimate of drug-likeness (QED) is 0.283. The molecule has 3 aromatic carbocycles. The zero-order valence-corrected chi connectivity index (χ0v) is 30.5. The van der Waals surface area contributed by atoms with Crippen molar-refractivity contribution in [1.82, 2.24) is 0 Å². The number of fused-ring (bicyclic) bond motifs is 2. The van der Waals surface area contributed by atoms with E-state index < -0.39 is 0 Å². The van der Waals surface area contributed by atoms with Gasteiger partial charge in [0.05, 0.1) is 0 Å². The molecule has 0 saturated carbocycles.